The Hall–Kier alpha value is -3.30. The summed E-state index contributed by atoms with van der Waals surface area (Å²) in [6.07, 6.45) is 8.55. The Bertz CT molecular complexity index is 1250. The number of aromatic hydroxyl groups is 1. The van der Waals surface area contributed by atoms with Crippen molar-refractivity contribution in [1.82, 2.24) is 0 Å². The van der Waals surface area contributed by atoms with Crippen molar-refractivity contribution in [2.45, 2.75) is 70.6 Å². The van der Waals surface area contributed by atoms with Crippen LogP contribution in [0.25, 0.3) is 0 Å². The molecule has 2 heterocycles. The van der Waals surface area contributed by atoms with Gasteiger partial charge in [-0.05, 0) is 53.7 Å². The quantitative estimate of drug-likeness (QED) is 0.176. The number of rotatable bonds is 15. The fraction of sp³-hybridized carbons (Fsp3) is 0.419. The van der Waals surface area contributed by atoms with E-state index in [9.17, 15) is 15.0 Å². The van der Waals surface area contributed by atoms with E-state index in [1.165, 1.54) is 11.1 Å². The van der Waals surface area contributed by atoms with Crippen LogP contribution in [0.2, 0.25) is 0 Å². The number of phenolic OH excluding ortho intramolecular Hbond substituents is 1. The van der Waals surface area contributed by atoms with Gasteiger partial charge in [0.25, 0.3) is 0 Å². The third kappa shape index (κ3) is 8.10. The maximum Gasteiger partial charge on any atom is 0.227 e. The number of nitrogens with one attached hydrogen (secondary N) is 1. The fourth-order valence-electron chi connectivity index (χ4n) is 5.02. The molecule has 0 aliphatic carbocycles. The van der Waals surface area contributed by atoms with Gasteiger partial charge in [-0.2, -0.15) is 0 Å². The minimum atomic E-state index is -0.561. The molecule has 8 heteroatoms. The molecule has 0 amide bonds. The van der Waals surface area contributed by atoms with Gasteiger partial charge in [-0.3, -0.25) is 14.7 Å². The Morgan fingerprint density at radius 1 is 1.15 bits per heavy atom. The molecule has 0 bridgehead atoms. The minimum absolute atomic E-state index is 0.0523. The number of hydrogen-bond donors (Lipinski definition) is 5. The standard InChI is InChI=1S/C31H40N4O4/c1-2-3-4-8-25(36)16-26(37)11-9-21-10-12-29(38)30(15-21)39-20-35-18-27-24(17-34-28(27)19-35)14-22-6-5-7-23(13-22)31(32)33/h5-7,10,12-13,15,17,19,25,31,36,38H,2-4,8-9,11,14,16,18,20,32-33H2,1H3/p+1/t25-/m1/s1. The van der Waals surface area contributed by atoms with Gasteiger partial charge in [-0.15, -0.1) is 0 Å². The van der Waals surface area contributed by atoms with Crippen molar-refractivity contribution < 1.29 is 24.6 Å². The van der Waals surface area contributed by atoms with Gasteiger partial charge in [0.05, 0.1) is 12.3 Å². The number of ketones is 1. The number of aliphatic imine (C=N–C) groups is 1. The Labute approximate surface area is 230 Å². The number of carbonyl (C=O) groups excluding carboxylic acids is 1. The number of aliphatic hydroxyl groups excluding tert-OH is 1. The molecule has 2 aromatic carbocycles. The lowest BCUT2D eigenvalue weighted by Gasteiger charge is -2.14. The van der Waals surface area contributed by atoms with Gasteiger partial charge in [0.15, 0.2) is 11.5 Å². The summed E-state index contributed by atoms with van der Waals surface area (Å²) in [5.74, 6) is 0.519. The monoisotopic (exact) mass is 533 g/mol. The Kier molecular flexibility index (Phi) is 10.1. The summed E-state index contributed by atoms with van der Waals surface area (Å²) in [6.45, 7) is 3.20. The lowest BCUT2D eigenvalue weighted by Crippen LogP contribution is -3.07. The number of quaternary nitrogens is 1. The van der Waals surface area contributed by atoms with Gasteiger partial charge in [0.2, 0.25) is 6.73 Å². The smallest absolute Gasteiger partial charge is 0.227 e. The first-order valence-corrected chi connectivity index (χ1v) is 13.9. The highest BCUT2D eigenvalue weighted by atomic mass is 16.5. The van der Waals surface area contributed by atoms with Gasteiger partial charge in [-0.1, -0.05) is 56.5 Å². The van der Waals surface area contributed by atoms with E-state index in [1.807, 2.05) is 24.4 Å². The topological polar surface area (TPSA) is 136 Å². The van der Waals surface area contributed by atoms with Crippen LogP contribution in [0.5, 0.6) is 11.5 Å². The SMILES string of the molecule is CCCCC[C@@H](O)CC(=O)CCc1ccc(O)c(OC[NH+]2C=C3N=CC(Cc4cccc(C(N)N)c4)=C3C2)c1. The molecule has 0 aromatic heterocycles. The molecule has 8 nitrogen and oxygen atoms in total. The molecule has 1 unspecified atom stereocenters. The first kappa shape index (κ1) is 28.7. The van der Waals surface area contributed by atoms with Crippen molar-refractivity contribution in [3.63, 3.8) is 0 Å². The van der Waals surface area contributed by atoms with Crippen LogP contribution in [-0.2, 0) is 17.6 Å². The third-order valence-corrected chi connectivity index (χ3v) is 7.27. The van der Waals surface area contributed by atoms with E-state index < -0.39 is 12.3 Å². The van der Waals surface area contributed by atoms with Crippen LogP contribution in [0, 0.1) is 0 Å². The summed E-state index contributed by atoms with van der Waals surface area (Å²) in [7, 11) is 0. The molecule has 0 fully saturated rings. The molecular weight excluding hydrogens is 492 g/mol. The highest BCUT2D eigenvalue weighted by Gasteiger charge is 2.29. The van der Waals surface area contributed by atoms with Crippen LogP contribution in [-0.4, -0.2) is 41.6 Å². The number of nitrogens with zero attached hydrogens (tertiary/aromatic N) is 1. The number of fused-ring (bicyclic) bond motifs is 1. The third-order valence-electron chi connectivity index (χ3n) is 7.27. The normalized spacial score (nSPS) is 17.1. The summed E-state index contributed by atoms with van der Waals surface area (Å²) < 4.78 is 5.99. The van der Waals surface area contributed by atoms with Gasteiger partial charge >= 0.3 is 0 Å². The molecule has 2 aliphatic heterocycles. The molecule has 0 saturated carbocycles. The van der Waals surface area contributed by atoms with Gasteiger partial charge in [-0.25, -0.2) is 0 Å². The molecule has 7 N–H and O–H groups in total. The molecule has 0 saturated heterocycles. The number of hydrogen-bond acceptors (Lipinski definition) is 7. The average Bonchev–Trinajstić information content (AvgIpc) is 3.49. The van der Waals surface area contributed by atoms with Crippen LogP contribution in [0.4, 0.5) is 0 Å². The van der Waals surface area contributed by atoms with E-state index in [0.717, 1.165) is 59.5 Å². The second-order valence-electron chi connectivity index (χ2n) is 10.6. The first-order valence-electron chi connectivity index (χ1n) is 13.9. The molecule has 0 spiro atoms. The van der Waals surface area contributed by atoms with Crippen LogP contribution in [0.15, 0.2) is 70.5 Å². The zero-order valence-electron chi connectivity index (χ0n) is 22.7. The lowest BCUT2D eigenvalue weighted by atomic mass is 9.99. The number of carbonyl (C=O) groups is 1. The summed E-state index contributed by atoms with van der Waals surface area (Å²) in [4.78, 5) is 18.0. The zero-order chi connectivity index (χ0) is 27.8. The van der Waals surface area contributed by atoms with Gasteiger partial charge in [0.1, 0.15) is 24.2 Å². The largest absolute Gasteiger partial charge is 0.504 e. The zero-order valence-corrected chi connectivity index (χ0v) is 22.7. The van der Waals surface area contributed by atoms with Crippen molar-refractivity contribution in [2.24, 2.45) is 16.5 Å². The predicted molar refractivity (Wildman–Crippen MR) is 152 cm³/mol. The molecule has 2 aromatic rings. The van der Waals surface area contributed by atoms with Crippen LogP contribution >= 0.6 is 0 Å². The average molecular weight is 534 g/mol. The number of nitrogens with two attached hydrogens (primary N) is 2. The van der Waals surface area contributed by atoms with Crippen molar-refractivity contribution >= 4 is 12.0 Å². The lowest BCUT2D eigenvalue weighted by molar-refractivity contribution is -0.855. The van der Waals surface area contributed by atoms with Crippen molar-refractivity contribution in [1.29, 1.82) is 0 Å². The summed E-state index contributed by atoms with van der Waals surface area (Å²) >= 11 is 0. The summed E-state index contributed by atoms with van der Waals surface area (Å²) in [5, 5.41) is 20.4. The van der Waals surface area contributed by atoms with E-state index in [-0.39, 0.29) is 18.0 Å². The van der Waals surface area contributed by atoms with Crippen LogP contribution < -0.4 is 21.1 Å². The second-order valence-corrected chi connectivity index (χ2v) is 10.6. The number of ether oxygens (including phenoxy) is 1. The molecule has 4 rings (SSSR count). The van der Waals surface area contributed by atoms with Crippen molar-refractivity contribution in [3.05, 3.63) is 82.2 Å². The predicted octanol–water partition coefficient (Wildman–Crippen LogP) is 2.84. The Morgan fingerprint density at radius 3 is 2.79 bits per heavy atom. The fourth-order valence-corrected chi connectivity index (χ4v) is 5.02. The Morgan fingerprint density at radius 2 is 2.00 bits per heavy atom. The minimum Gasteiger partial charge on any atom is -0.504 e. The van der Waals surface area contributed by atoms with Gasteiger partial charge in [0, 0.05) is 24.6 Å². The summed E-state index contributed by atoms with van der Waals surface area (Å²) in [5.41, 5.74) is 18.0. The number of benzene rings is 2. The van der Waals surface area contributed by atoms with Gasteiger partial charge < -0.3 is 26.4 Å². The molecular formula is C31H41N4O4+. The highest BCUT2D eigenvalue weighted by Crippen LogP contribution is 2.28. The molecule has 39 heavy (non-hydrogen) atoms. The summed E-state index contributed by atoms with van der Waals surface area (Å²) in [6, 6.07) is 13.2. The Balaban J connectivity index is 1.29. The van der Waals surface area contributed by atoms with E-state index in [0.29, 0.717) is 31.7 Å². The second kappa shape index (κ2) is 13.7. The van der Waals surface area contributed by atoms with Crippen LogP contribution in [0.1, 0.15) is 68.3 Å². The first-order chi connectivity index (χ1) is 18.8. The number of allylic oxidation sites excluding steroid dienone is 1. The van der Waals surface area contributed by atoms with Crippen molar-refractivity contribution in [3.8, 4) is 11.5 Å². The van der Waals surface area contributed by atoms with E-state index in [1.54, 1.807) is 18.2 Å². The maximum atomic E-state index is 12.3. The van der Waals surface area contributed by atoms with Crippen molar-refractivity contribution in [2.75, 3.05) is 13.3 Å². The maximum absolute atomic E-state index is 12.3. The number of Topliss-reactive ketones (excluding diaryl/α,β-unsaturated/α-hetero) is 1. The molecule has 208 valence electrons. The van der Waals surface area contributed by atoms with E-state index in [4.69, 9.17) is 16.2 Å². The number of aliphatic hydroxyl groups is 1. The molecule has 2 aliphatic rings. The van der Waals surface area contributed by atoms with E-state index >= 15 is 0 Å². The molecule has 0 radical (unpaired) electrons. The van der Waals surface area contributed by atoms with E-state index in [2.05, 4.69) is 24.2 Å². The number of phenols is 1. The highest BCUT2D eigenvalue weighted by molar-refractivity contribution is 5.87. The number of aryl methyl sites for hydroxylation is 1. The van der Waals surface area contributed by atoms with Crippen LogP contribution in [0.3, 0.4) is 0 Å². The number of unbranched alkanes of at least 4 members (excludes halogenated alkanes) is 2. The molecule has 2 atom stereocenters.